The summed E-state index contributed by atoms with van der Waals surface area (Å²) in [5, 5.41) is 0. The van der Waals surface area contributed by atoms with Gasteiger partial charge in [-0.05, 0) is 55.2 Å². The van der Waals surface area contributed by atoms with Crippen molar-refractivity contribution in [1.82, 2.24) is 0 Å². The van der Waals surface area contributed by atoms with E-state index < -0.39 is 0 Å². The van der Waals surface area contributed by atoms with Crippen molar-refractivity contribution < 1.29 is 9.53 Å². The minimum Gasteiger partial charge on any atom is -0.429 e. The van der Waals surface area contributed by atoms with Gasteiger partial charge in [0, 0.05) is 0 Å². The number of carbonyl (C=O) groups is 1. The Morgan fingerprint density at radius 1 is 1.10 bits per heavy atom. The summed E-state index contributed by atoms with van der Waals surface area (Å²) in [6, 6.07) is 8.02. The number of rotatable bonds is 7. The smallest absolute Gasteiger partial charge is 0.298 e. The average molecular weight is 274 g/mol. The van der Waals surface area contributed by atoms with E-state index >= 15 is 0 Å². The molecule has 110 valence electrons. The monoisotopic (exact) mass is 274 g/mol. The summed E-state index contributed by atoms with van der Waals surface area (Å²) in [7, 11) is 0. The molecule has 0 aliphatic heterocycles. The fraction of sp³-hybridized carbons (Fsp3) is 0.611. The molecule has 0 bridgehead atoms. The Kier molecular flexibility index (Phi) is 6.10. The lowest BCUT2D eigenvalue weighted by Gasteiger charge is -2.29. The van der Waals surface area contributed by atoms with E-state index in [0.29, 0.717) is 18.1 Å². The molecule has 2 rings (SSSR count). The largest absolute Gasteiger partial charge is 0.429 e. The van der Waals surface area contributed by atoms with Crippen molar-refractivity contribution in [1.29, 1.82) is 0 Å². The van der Waals surface area contributed by atoms with Crippen LogP contribution in [0.1, 0.15) is 69.8 Å². The number of hydrogen-bond acceptors (Lipinski definition) is 2. The van der Waals surface area contributed by atoms with Crippen LogP contribution in [0.15, 0.2) is 24.3 Å². The summed E-state index contributed by atoms with van der Waals surface area (Å²) in [6.07, 6.45) is 10.9. The standard InChI is InChI=1S/C18H26O2/c1-2-3-4-5-15-6-8-16(9-7-15)17-10-12-18(13-11-17)20-14-19/h10-16H,2-9H2,1H3. The molecule has 0 N–H and O–H groups in total. The van der Waals surface area contributed by atoms with E-state index in [1.165, 1.54) is 56.9 Å². The SMILES string of the molecule is CCCCCC1CCC(c2ccc(OC=O)cc2)CC1. The summed E-state index contributed by atoms with van der Waals surface area (Å²) >= 11 is 0. The van der Waals surface area contributed by atoms with Crippen LogP contribution in [0.4, 0.5) is 0 Å². The van der Waals surface area contributed by atoms with E-state index in [0.717, 1.165) is 5.92 Å². The molecule has 0 unspecified atom stereocenters. The highest BCUT2D eigenvalue weighted by molar-refractivity contribution is 5.45. The van der Waals surface area contributed by atoms with Crippen LogP contribution in [0.5, 0.6) is 5.75 Å². The molecule has 0 radical (unpaired) electrons. The van der Waals surface area contributed by atoms with Gasteiger partial charge in [-0.15, -0.1) is 0 Å². The summed E-state index contributed by atoms with van der Waals surface area (Å²) in [6.45, 7) is 2.76. The van der Waals surface area contributed by atoms with E-state index in [1.54, 1.807) is 0 Å². The molecule has 0 spiro atoms. The molecule has 1 aliphatic carbocycles. The fourth-order valence-electron chi connectivity index (χ4n) is 3.34. The highest BCUT2D eigenvalue weighted by Gasteiger charge is 2.21. The highest BCUT2D eigenvalue weighted by Crippen LogP contribution is 2.38. The van der Waals surface area contributed by atoms with Gasteiger partial charge < -0.3 is 4.74 Å². The molecule has 0 atom stereocenters. The van der Waals surface area contributed by atoms with Crippen LogP contribution < -0.4 is 4.74 Å². The third kappa shape index (κ3) is 4.36. The maximum Gasteiger partial charge on any atom is 0.298 e. The van der Waals surface area contributed by atoms with Crippen LogP contribution in [-0.2, 0) is 4.79 Å². The number of unbranched alkanes of at least 4 members (excludes halogenated alkanes) is 2. The van der Waals surface area contributed by atoms with Crippen LogP contribution in [0.2, 0.25) is 0 Å². The van der Waals surface area contributed by atoms with Gasteiger partial charge in [-0.25, -0.2) is 0 Å². The zero-order valence-electron chi connectivity index (χ0n) is 12.5. The first-order chi connectivity index (χ1) is 9.83. The Bertz CT molecular complexity index is 388. The maximum absolute atomic E-state index is 10.3. The topological polar surface area (TPSA) is 26.3 Å². The lowest BCUT2D eigenvalue weighted by Crippen LogP contribution is -2.13. The number of ether oxygens (including phenoxy) is 1. The molecule has 1 aromatic carbocycles. The van der Waals surface area contributed by atoms with Gasteiger partial charge in [-0.1, -0.05) is 44.7 Å². The van der Waals surface area contributed by atoms with Gasteiger partial charge in [0.2, 0.25) is 0 Å². The van der Waals surface area contributed by atoms with Crippen molar-refractivity contribution in [3.05, 3.63) is 29.8 Å². The summed E-state index contributed by atoms with van der Waals surface area (Å²) < 4.78 is 4.84. The number of hydrogen-bond donors (Lipinski definition) is 0. The van der Waals surface area contributed by atoms with E-state index in [4.69, 9.17) is 4.74 Å². The zero-order valence-corrected chi connectivity index (χ0v) is 12.5. The molecule has 1 saturated carbocycles. The quantitative estimate of drug-likeness (QED) is 0.512. The molecule has 1 aliphatic rings. The molecule has 0 heterocycles. The van der Waals surface area contributed by atoms with Crippen molar-refractivity contribution in [2.24, 2.45) is 5.92 Å². The second kappa shape index (κ2) is 8.08. The lowest BCUT2D eigenvalue weighted by molar-refractivity contribution is -0.120. The van der Waals surface area contributed by atoms with Crippen LogP contribution in [0.3, 0.4) is 0 Å². The van der Waals surface area contributed by atoms with Crippen molar-refractivity contribution >= 4 is 6.47 Å². The Morgan fingerprint density at radius 3 is 2.40 bits per heavy atom. The van der Waals surface area contributed by atoms with Gasteiger partial charge in [0.15, 0.2) is 0 Å². The van der Waals surface area contributed by atoms with Gasteiger partial charge in [-0.2, -0.15) is 0 Å². The molecular weight excluding hydrogens is 248 g/mol. The minimum absolute atomic E-state index is 0.483. The third-order valence-electron chi connectivity index (χ3n) is 4.60. The molecule has 0 amide bonds. The molecule has 2 nitrogen and oxygen atoms in total. The molecule has 20 heavy (non-hydrogen) atoms. The van der Waals surface area contributed by atoms with Crippen molar-refractivity contribution in [2.75, 3.05) is 0 Å². The zero-order chi connectivity index (χ0) is 14.2. The van der Waals surface area contributed by atoms with Gasteiger partial charge >= 0.3 is 0 Å². The first-order valence-electron chi connectivity index (χ1n) is 8.03. The third-order valence-corrected chi connectivity index (χ3v) is 4.60. The van der Waals surface area contributed by atoms with Crippen LogP contribution in [-0.4, -0.2) is 6.47 Å². The van der Waals surface area contributed by atoms with Gasteiger partial charge in [0.25, 0.3) is 6.47 Å². The maximum atomic E-state index is 10.3. The van der Waals surface area contributed by atoms with E-state index in [2.05, 4.69) is 19.1 Å². The molecule has 2 heteroatoms. The van der Waals surface area contributed by atoms with Crippen molar-refractivity contribution in [2.45, 2.75) is 64.2 Å². The van der Waals surface area contributed by atoms with Crippen molar-refractivity contribution in [3.63, 3.8) is 0 Å². The second-order valence-corrected chi connectivity index (χ2v) is 6.00. The Hall–Kier alpha value is -1.31. The fourth-order valence-corrected chi connectivity index (χ4v) is 3.34. The van der Waals surface area contributed by atoms with E-state index in [9.17, 15) is 4.79 Å². The predicted molar refractivity (Wildman–Crippen MR) is 82.0 cm³/mol. The highest BCUT2D eigenvalue weighted by atomic mass is 16.5. The Labute approximate surface area is 122 Å². The van der Waals surface area contributed by atoms with Crippen LogP contribution >= 0.6 is 0 Å². The van der Waals surface area contributed by atoms with E-state index in [1.807, 2.05) is 12.1 Å². The summed E-state index contributed by atoms with van der Waals surface area (Å²) in [5.41, 5.74) is 1.40. The predicted octanol–water partition coefficient (Wildman–Crippen LogP) is 5.08. The summed E-state index contributed by atoms with van der Waals surface area (Å²) in [4.78, 5) is 10.3. The average Bonchev–Trinajstić information content (AvgIpc) is 2.49. The molecular formula is C18H26O2. The number of benzene rings is 1. The first-order valence-corrected chi connectivity index (χ1v) is 8.03. The van der Waals surface area contributed by atoms with Crippen LogP contribution in [0, 0.1) is 5.92 Å². The Morgan fingerprint density at radius 2 is 1.80 bits per heavy atom. The Balaban J connectivity index is 1.79. The lowest BCUT2D eigenvalue weighted by atomic mass is 9.77. The summed E-state index contributed by atoms with van der Waals surface area (Å²) in [5.74, 6) is 2.29. The number of carbonyl (C=O) groups excluding carboxylic acids is 1. The second-order valence-electron chi connectivity index (χ2n) is 6.00. The van der Waals surface area contributed by atoms with Gasteiger partial charge in [0.1, 0.15) is 5.75 Å². The van der Waals surface area contributed by atoms with E-state index in [-0.39, 0.29) is 0 Å². The van der Waals surface area contributed by atoms with Crippen LogP contribution in [0.25, 0.3) is 0 Å². The normalized spacial score (nSPS) is 22.4. The molecule has 1 aromatic rings. The first kappa shape index (κ1) is 15.1. The molecule has 0 aromatic heterocycles. The van der Waals surface area contributed by atoms with Gasteiger partial charge in [0.05, 0.1) is 0 Å². The molecule has 1 fully saturated rings. The minimum atomic E-state index is 0.483. The van der Waals surface area contributed by atoms with Gasteiger partial charge in [-0.3, -0.25) is 4.79 Å². The van der Waals surface area contributed by atoms with Crippen molar-refractivity contribution in [3.8, 4) is 5.75 Å². The molecule has 0 saturated heterocycles.